The topological polar surface area (TPSA) is 94.8 Å². The molecule has 2 heterocycles. The highest BCUT2D eigenvalue weighted by Crippen LogP contribution is 2.24. The van der Waals surface area contributed by atoms with Crippen LogP contribution >= 0.6 is 0 Å². The maximum atomic E-state index is 11.4. The van der Waals surface area contributed by atoms with Gasteiger partial charge in [-0.1, -0.05) is 23.8 Å². The Bertz CT molecular complexity index is 852. The number of carbonyl (C=O) groups is 2. The first kappa shape index (κ1) is 18.4. The summed E-state index contributed by atoms with van der Waals surface area (Å²) >= 11 is 0. The van der Waals surface area contributed by atoms with E-state index < -0.39 is 5.97 Å². The first-order chi connectivity index (χ1) is 13.0. The van der Waals surface area contributed by atoms with E-state index in [4.69, 9.17) is 10.5 Å². The van der Waals surface area contributed by atoms with E-state index in [1.54, 1.807) is 17.0 Å². The van der Waals surface area contributed by atoms with Crippen molar-refractivity contribution in [3.05, 3.63) is 59.3 Å². The van der Waals surface area contributed by atoms with Crippen LogP contribution in [0.15, 0.2) is 48.2 Å². The Hall–Kier alpha value is -3.35. The molecule has 0 saturated carbocycles. The number of rotatable bonds is 4. The van der Waals surface area contributed by atoms with E-state index in [0.717, 1.165) is 18.4 Å². The van der Waals surface area contributed by atoms with Crippen LogP contribution in [0.3, 0.4) is 0 Å². The molecule has 1 aromatic heterocycles. The van der Waals surface area contributed by atoms with Gasteiger partial charge in [-0.15, -0.1) is 0 Å². The second-order valence-corrected chi connectivity index (χ2v) is 6.18. The van der Waals surface area contributed by atoms with Gasteiger partial charge in [0.25, 0.3) is 0 Å². The summed E-state index contributed by atoms with van der Waals surface area (Å²) in [7, 11) is 1.32. The van der Waals surface area contributed by atoms with Gasteiger partial charge in [0.05, 0.1) is 12.7 Å². The lowest BCUT2D eigenvalue weighted by Crippen LogP contribution is -2.39. The van der Waals surface area contributed by atoms with Gasteiger partial charge in [0.1, 0.15) is 5.75 Å². The molecule has 2 N–H and O–H groups in total. The van der Waals surface area contributed by atoms with E-state index >= 15 is 0 Å². The second kappa shape index (κ2) is 8.35. The molecular formula is C20H21N3O4. The number of carbonyl (C=O) groups excluding carboxylic acids is 2. The molecule has 1 fully saturated rings. The molecule has 1 aromatic carbocycles. The Labute approximate surface area is 157 Å². The van der Waals surface area contributed by atoms with Crippen molar-refractivity contribution in [1.29, 1.82) is 0 Å². The third-order valence-electron chi connectivity index (χ3n) is 4.33. The molecule has 0 unspecified atom stereocenters. The van der Waals surface area contributed by atoms with Crippen LogP contribution in [0.25, 0.3) is 6.08 Å². The van der Waals surface area contributed by atoms with E-state index in [0.29, 0.717) is 30.3 Å². The molecule has 0 spiro atoms. The number of primary amides is 1. The quantitative estimate of drug-likeness (QED) is 0.837. The van der Waals surface area contributed by atoms with E-state index in [-0.39, 0.29) is 6.03 Å². The normalized spacial score (nSPS) is 13.8. The molecule has 0 radical (unpaired) electrons. The zero-order chi connectivity index (χ0) is 19.2. The first-order valence-corrected chi connectivity index (χ1v) is 8.61. The number of hydrogen-bond acceptors (Lipinski definition) is 5. The Balaban J connectivity index is 1.66. The number of pyridine rings is 1. The summed E-state index contributed by atoms with van der Waals surface area (Å²) in [5.41, 5.74) is 7.96. The number of nitrogens with two attached hydrogens (primary N) is 1. The molecule has 27 heavy (non-hydrogen) atoms. The fourth-order valence-corrected chi connectivity index (χ4v) is 2.86. The number of esters is 1. The van der Waals surface area contributed by atoms with E-state index in [9.17, 15) is 9.59 Å². The van der Waals surface area contributed by atoms with Crippen LogP contribution in [0.4, 0.5) is 4.79 Å². The lowest BCUT2D eigenvalue weighted by atomic mass is 10.0. The zero-order valence-electron chi connectivity index (χ0n) is 15.1. The highest BCUT2D eigenvalue weighted by Gasteiger charge is 2.16. The average molecular weight is 367 g/mol. The van der Waals surface area contributed by atoms with Crippen LogP contribution in [0.1, 0.15) is 28.8 Å². The molecule has 0 bridgehead atoms. The highest BCUT2D eigenvalue weighted by atomic mass is 16.5. The van der Waals surface area contributed by atoms with E-state index in [1.165, 1.54) is 18.9 Å². The third kappa shape index (κ3) is 4.84. The molecule has 3 rings (SSSR count). The number of methoxy groups -OCH3 is 1. The molecule has 1 aliphatic rings. The van der Waals surface area contributed by atoms with Crippen molar-refractivity contribution in [1.82, 2.24) is 9.88 Å². The van der Waals surface area contributed by atoms with Crippen molar-refractivity contribution in [2.24, 2.45) is 5.73 Å². The molecule has 140 valence electrons. The summed E-state index contributed by atoms with van der Waals surface area (Å²) in [5.74, 6) is 0.601. The number of ether oxygens (including phenoxy) is 2. The van der Waals surface area contributed by atoms with Crippen molar-refractivity contribution in [3.8, 4) is 11.6 Å². The van der Waals surface area contributed by atoms with Crippen molar-refractivity contribution >= 4 is 18.1 Å². The zero-order valence-corrected chi connectivity index (χ0v) is 15.1. The lowest BCUT2D eigenvalue weighted by Gasteiger charge is -2.26. The number of aromatic nitrogens is 1. The molecule has 1 aliphatic heterocycles. The maximum Gasteiger partial charge on any atom is 0.339 e. The number of hydrogen-bond donors (Lipinski definition) is 1. The molecule has 7 nitrogen and oxygen atoms in total. The van der Waals surface area contributed by atoms with Crippen LogP contribution in [-0.4, -0.2) is 42.1 Å². The lowest BCUT2D eigenvalue weighted by molar-refractivity contribution is 0.0600. The van der Waals surface area contributed by atoms with Crippen molar-refractivity contribution in [2.75, 3.05) is 20.2 Å². The van der Waals surface area contributed by atoms with Crippen molar-refractivity contribution < 1.29 is 19.1 Å². The van der Waals surface area contributed by atoms with Crippen molar-refractivity contribution in [2.45, 2.75) is 12.8 Å². The van der Waals surface area contributed by atoms with Gasteiger partial charge in [-0.05, 0) is 36.6 Å². The first-order valence-electron chi connectivity index (χ1n) is 8.61. The van der Waals surface area contributed by atoms with Crippen LogP contribution in [0, 0.1) is 0 Å². The Morgan fingerprint density at radius 3 is 2.59 bits per heavy atom. The summed E-state index contributed by atoms with van der Waals surface area (Å²) in [5, 5.41) is 0. The summed E-state index contributed by atoms with van der Waals surface area (Å²) in [4.78, 5) is 28.4. The predicted molar refractivity (Wildman–Crippen MR) is 100 cm³/mol. The predicted octanol–water partition coefficient (Wildman–Crippen LogP) is 3.22. The standard InChI is InChI=1S/C20H21N3O4/c1-26-19(24)16-5-6-18(22-13-16)27-17-4-2-3-15(12-17)11-14-7-9-23(10-8-14)20(21)25/h2-6,11-13H,7-10H2,1H3,(H2,21,25). The molecular weight excluding hydrogens is 346 g/mol. The number of piperidine rings is 1. The molecule has 2 amide bonds. The second-order valence-electron chi connectivity index (χ2n) is 6.18. The summed E-state index contributed by atoms with van der Waals surface area (Å²) in [6.45, 7) is 1.29. The van der Waals surface area contributed by atoms with Gasteiger partial charge < -0.3 is 20.1 Å². The number of urea groups is 1. The molecule has 2 aromatic rings. The number of amides is 2. The average Bonchev–Trinajstić information content (AvgIpc) is 2.68. The fourth-order valence-electron chi connectivity index (χ4n) is 2.86. The van der Waals surface area contributed by atoms with Crippen LogP contribution in [0.5, 0.6) is 11.6 Å². The Morgan fingerprint density at radius 2 is 1.96 bits per heavy atom. The SMILES string of the molecule is COC(=O)c1ccc(Oc2cccc(C=C3CCN(C(N)=O)CC3)c2)nc1. The molecule has 7 heteroatoms. The van der Waals surface area contributed by atoms with Gasteiger partial charge in [-0.25, -0.2) is 14.6 Å². The smallest absolute Gasteiger partial charge is 0.339 e. The third-order valence-corrected chi connectivity index (χ3v) is 4.33. The maximum absolute atomic E-state index is 11.4. The van der Waals surface area contributed by atoms with Gasteiger partial charge in [0, 0.05) is 25.4 Å². The molecule has 0 aliphatic carbocycles. The molecule has 0 atom stereocenters. The minimum atomic E-state index is -0.440. The van der Waals surface area contributed by atoms with Crippen LogP contribution < -0.4 is 10.5 Å². The largest absolute Gasteiger partial charge is 0.465 e. The van der Waals surface area contributed by atoms with Gasteiger partial charge in [-0.3, -0.25) is 0 Å². The number of likely N-dealkylation sites (tertiary alicyclic amines) is 1. The summed E-state index contributed by atoms with van der Waals surface area (Å²) in [6, 6.07) is 10.5. The summed E-state index contributed by atoms with van der Waals surface area (Å²) in [6.07, 6.45) is 5.15. The van der Waals surface area contributed by atoms with Gasteiger partial charge in [0.15, 0.2) is 0 Å². The summed E-state index contributed by atoms with van der Waals surface area (Å²) < 4.78 is 10.4. The van der Waals surface area contributed by atoms with Crippen LogP contribution in [0.2, 0.25) is 0 Å². The van der Waals surface area contributed by atoms with E-state index in [1.807, 2.05) is 24.3 Å². The number of benzene rings is 1. The van der Waals surface area contributed by atoms with Gasteiger partial charge in [0.2, 0.25) is 5.88 Å². The monoisotopic (exact) mass is 367 g/mol. The van der Waals surface area contributed by atoms with E-state index in [2.05, 4.69) is 15.8 Å². The highest BCUT2D eigenvalue weighted by molar-refractivity contribution is 5.88. The van der Waals surface area contributed by atoms with Gasteiger partial charge in [-0.2, -0.15) is 0 Å². The van der Waals surface area contributed by atoms with Crippen molar-refractivity contribution in [3.63, 3.8) is 0 Å². The molecule has 1 saturated heterocycles. The van der Waals surface area contributed by atoms with Crippen LogP contribution in [-0.2, 0) is 4.74 Å². The Morgan fingerprint density at radius 1 is 1.19 bits per heavy atom. The fraction of sp³-hybridized carbons (Fsp3) is 0.250. The minimum absolute atomic E-state index is 0.366. The minimum Gasteiger partial charge on any atom is -0.465 e. The number of nitrogens with zero attached hydrogens (tertiary/aromatic N) is 2. The van der Waals surface area contributed by atoms with Gasteiger partial charge >= 0.3 is 12.0 Å². The Kier molecular flexibility index (Phi) is 5.71.